The fourth-order valence-electron chi connectivity index (χ4n) is 7.54. The zero-order valence-corrected chi connectivity index (χ0v) is 31.9. The predicted molar refractivity (Wildman–Crippen MR) is 201 cm³/mol. The molecule has 0 aliphatic carbocycles. The van der Waals surface area contributed by atoms with Crippen molar-refractivity contribution >= 4 is 17.7 Å². The number of pyridine rings is 2. The Labute approximate surface area is 302 Å². The minimum Gasteiger partial charge on any atom is -0.444 e. The van der Waals surface area contributed by atoms with E-state index >= 15 is 0 Å². The quantitative estimate of drug-likeness (QED) is 0.274. The maximum Gasteiger partial charge on any atom is 0.410 e. The van der Waals surface area contributed by atoms with Crippen molar-refractivity contribution in [3.63, 3.8) is 0 Å². The number of aromatic nitrogens is 2. The number of carbonyl (C=O) groups excluding carboxylic acids is 2. The average Bonchev–Trinajstić information content (AvgIpc) is 3.05. The van der Waals surface area contributed by atoms with Crippen LogP contribution in [-0.4, -0.2) is 88.3 Å². The number of aryl methyl sites for hydroxylation is 2. The Bertz CT molecular complexity index is 1750. The van der Waals surface area contributed by atoms with Gasteiger partial charge in [-0.3, -0.25) is 19.5 Å². The molecule has 2 aliphatic heterocycles. The molecule has 0 bridgehead atoms. The summed E-state index contributed by atoms with van der Waals surface area (Å²) in [6, 6.07) is 10.2. The van der Waals surface area contributed by atoms with Crippen molar-refractivity contribution in [1.82, 2.24) is 25.1 Å². The second-order valence-electron chi connectivity index (χ2n) is 15.2. The van der Waals surface area contributed by atoms with Gasteiger partial charge in [0.2, 0.25) is 0 Å². The molecule has 0 radical (unpaired) electrons. The topological polar surface area (TPSA) is 120 Å². The van der Waals surface area contributed by atoms with Gasteiger partial charge in [0.15, 0.2) is 0 Å². The highest BCUT2D eigenvalue weighted by molar-refractivity contribution is 5.99. The second kappa shape index (κ2) is 16.0. The second-order valence-corrected chi connectivity index (χ2v) is 15.2. The van der Waals surface area contributed by atoms with Crippen LogP contribution in [0, 0.1) is 20.8 Å². The highest BCUT2D eigenvalue weighted by atomic mass is 16.6. The molecule has 1 aromatic carbocycles. The van der Waals surface area contributed by atoms with Crippen LogP contribution in [-0.2, 0) is 22.6 Å². The minimum absolute atomic E-state index is 0.0343. The third kappa shape index (κ3) is 9.18. The number of hydrogen-bond acceptors (Lipinski definition) is 8. The standard InChI is InChI=1S/C40H56N6O5/c1-10-45(33-18-27(4)46(28(5)19-33)39(49)51-40(7,8)9)36-21-31(30-11-12-32(41-22-30)24-44-13-15-50-16-14-44)20-34(29(36)6)37(47)42-23-35-25(2)17-26(3)43-38(35)48/h11-12,17,20-22,27-28,33H,10,13-16,18-19,23-24H2,1-9H3,(H,42,47)(H,43,48). The summed E-state index contributed by atoms with van der Waals surface area (Å²) in [5, 5.41) is 3.04. The molecule has 0 spiro atoms. The molecule has 276 valence electrons. The molecule has 4 heterocycles. The molecule has 11 nitrogen and oxygen atoms in total. The monoisotopic (exact) mass is 700 g/mol. The summed E-state index contributed by atoms with van der Waals surface area (Å²) in [4.78, 5) is 54.2. The number of likely N-dealkylation sites (tertiary alicyclic amines) is 1. The third-order valence-corrected chi connectivity index (χ3v) is 10.1. The first kappa shape index (κ1) is 38.0. The Balaban J connectivity index is 1.47. The summed E-state index contributed by atoms with van der Waals surface area (Å²) in [5.41, 5.74) is 6.56. The number of amides is 2. The maximum absolute atomic E-state index is 14.0. The van der Waals surface area contributed by atoms with Crippen LogP contribution in [0.4, 0.5) is 10.5 Å². The van der Waals surface area contributed by atoms with E-state index in [1.165, 1.54) is 0 Å². The van der Waals surface area contributed by atoms with Gasteiger partial charge in [0, 0.05) is 85.1 Å². The van der Waals surface area contributed by atoms with Crippen molar-refractivity contribution in [3.05, 3.63) is 80.5 Å². The lowest BCUT2D eigenvalue weighted by Gasteiger charge is -2.47. The van der Waals surface area contributed by atoms with E-state index in [9.17, 15) is 14.4 Å². The summed E-state index contributed by atoms with van der Waals surface area (Å²) in [7, 11) is 0. The highest BCUT2D eigenvalue weighted by Gasteiger charge is 2.39. The number of benzene rings is 1. The molecule has 51 heavy (non-hydrogen) atoms. The van der Waals surface area contributed by atoms with Crippen molar-refractivity contribution in [2.75, 3.05) is 37.7 Å². The summed E-state index contributed by atoms with van der Waals surface area (Å²) in [6.45, 7) is 22.5. The lowest BCUT2D eigenvalue weighted by atomic mass is 9.90. The third-order valence-electron chi connectivity index (χ3n) is 10.1. The Morgan fingerprint density at radius 2 is 1.73 bits per heavy atom. The molecule has 2 unspecified atom stereocenters. The number of aromatic amines is 1. The van der Waals surface area contributed by atoms with Gasteiger partial charge in [0.1, 0.15) is 5.60 Å². The summed E-state index contributed by atoms with van der Waals surface area (Å²) >= 11 is 0. The van der Waals surface area contributed by atoms with E-state index in [-0.39, 0.29) is 42.2 Å². The summed E-state index contributed by atoms with van der Waals surface area (Å²) in [5.74, 6) is -0.246. The first-order valence-corrected chi connectivity index (χ1v) is 18.3. The fourth-order valence-corrected chi connectivity index (χ4v) is 7.54. The van der Waals surface area contributed by atoms with Crippen molar-refractivity contribution in [3.8, 4) is 11.1 Å². The minimum atomic E-state index is -0.571. The van der Waals surface area contributed by atoms with Gasteiger partial charge in [-0.1, -0.05) is 6.07 Å². The molecule has 2 aromatic heterocycles. The molecule has 2 atom stereocenters. The lowest BCUT2D eigenvalue weighted by Crippen LogP contribution is -2.56. The summed E-state index contributed by atoms with van der Waals surface area (Å²) in [6.07, 6.45) is 3.13. The number of piperidine rings is 1. The smallest absolute Gasteiger partial charge is 0.410 e. The largest absolute Gasteiger partial charge is 0.444 e. The van der Waals surface area contributed by atoms with Crippen molar-refractivity contribution in [1.29, 1.82) is 0 Å². The van der Waals surface area contributed by atoms with Crippen LogP contribution in [0.3, 0.4) is 0 Å². The number of ether oxygens (including phenoxy) is 2. The number of hydrogen-bond donors (Lipinski definition) is 2. The number of H-pyrrole nitrogens is 1. The van der Waals surface area contributed by atoms with E-state index in [1.54, 1.807) is 0 Å². The van der Waals surface area contributed by atoms with Crippen molar-refractivity contribution in [2.24, 2.45) is 0 Å². The maximum atomic E-state index is 14.0. The van der Waals surface area contributed by atoms with Gasteiger partial charge in [0.05, 0.1) is 18.9 Å². The molecular weight excluding hydrogens is 644 g/mol. The SMILES string of the molecule is CCN(c1cc(-c2ccc(CN3CCOCC3)nc2)cc(C(=O)NCc2c(C)cc(C)[nH]c2=O)c1C)C1CC(C)N(C(=O)OC(C)(C)C)C(C)C1. The predicted octanol–water partition coefficient (Wildman–Crippen LogP) is 6.13. The van der Waals surface area contributed by atoms with Crippen LogP contribution in [0.1, 0.15) is 92.8 Å². The highest BCUT2D eigenvalue weighted by Crippen LogP contribution is 2.36. The van der Waals surface area contributed by atoms with E-state index in [0.717, 1.165) is 91.6 Å². The Hall–Kier alpha value is -4.22. The van der Waals surface area contributed by atoms with Crippen LogP contribution >= 0.6 is 0 Å². The number of anilines is 1. The Morgan fingerprint density at radius 3 is 2.31 bits per heavy atom. The van der Waals surface area contributed by atoms with E-state index in [1.807, 2.05) is 64.8 Å². The van der Waals surface area contributed by atoms with Gasteiger partial charge < -0.3 is 29.6 Å². The van der Waals surface area contributed by atoms with Crippen LogP contribution in [0.25, 0.3) is 11.1 Å². The zero-order valence-electron chi connectivity index (χ0n) is 31.9. The van der Waals surface area contributed by atoms with E-state index < -0.39 is 5.60 Å². The molecule has 5 rings (SSSR count). The molecule has 2 N–H and O–H groups in total. The first-order valence-electron chi connectivity index (χ1n) is 18.3. The van der Waals surface area contributed by atoms with Crippen LogP contribution < -0.4 is 15.8 Å². The van der Waals surface area contributed by atoms with Crippen molar-refractivity contribution in [2.45, 2.75) is 112 Å². The van der Waals surface area contributed by atoms with Crippen LogP contribution in [0.5, 0.6) is 0 Å². The average molecular weight is 701 g/mol. The van der Waals surface area contributed by atoms with Gasteiger partial charge in [-0.05, 0) is 116 Å². The van der Waals surface area contributed by atoms with Gasteiger partial charge in [-0.2, -0.15) is 0 Å². The molecule has 2 saturated heterocycles. The van der Waals surface area contributed by atoms with Gasteiger partial charge >= 0.3 is 6.09 Å². The van der Waals surface area contributed by atoms with E-state index in [2.05, 4.69) is 59.1 Å². The number of morpholine rings is 1. The number of carbonyl (C=O) groups is 2. The molecule has 2 aliphatic rings. The molecular formula is C40H56N6O5. The molecule has 3 aromatic rings. The zero-order chi connectivity index (χ0) is 37.0. The number of nitrogens with one attached hydrogen (secondary N) is 2. The van der Waals surface area contributed by atoms with E-state index in [4.69, 9.17) is 14.5 Å². The summed E-state index contributed by atoms with van der Waals surface area (Å²) < 4.78 is 11.3. The Morgan fingerprint density at radius 1 is 1.04 bits per heavy atom. The van der Waals surface area contributed by atoms with Crippen LogP contribution in [0.15, 0.2) is 41.3 Å². The molecule has 0 saturated carbocycles. The number of rotatable bonds is 9. The fraction of sp³-hybridized carbons (Fsp3) is 0.550. The lowest BCUT2D eigenvalue weighted by molar-refractivity contribution is -0.00252. The van der Waals surface area contributed by atoms with E-state index in [0.29, 0.717) is 11.1 Å². The van der Waals surface area contributed by atoms with Gasteiger partial charge in [-0.15, -0.1) is 0 Å². The molecule has 2 amide bonds. The molecule has 11 heteroatoms. The first-order chi connectivity index (χ1) is 24.1. The van der Waals surface area contributed by atoms with Crippen molar-refractivity contribution < 1.29 is 19.1 Å². The molecule has 2 fully saturated rings. The van der Waals surface area contributed by atoms with Crippen LogP contribution in [0.2, 0.25) is 0 Å². The Kier molecular flexibility index (Phi) is 11.9. The van der Waals surface area contributed by atoms with Gasteiger partial charge in [0.25, 0.3) is 11.5 Å². The normalized spacial score (nSPS) is 19.9. The number of nitrogens with zero attached hydrogens (tertiary/aromatic N) is 4. The van der Waals surface area contributed by atoms with Gasteiger partial charge in [-0.25, -0.2) is 4.79 Å².